The minimum absolute atomic E-state index is 0.0303. The molecule has 2 heterocycles. The third-order valence-corrected chi connectivity index (χ3v) is 6.27. The summed E-state index contributed by atoms with van der Waals surface area (Å²) in [5.74, 6) is -0.914. The quantitative estimate of drug-likeness (QED) is 0.852. The van der Waals surface area contributed by atoms with E-state index >= 15 is 0 Å². The summed E-state index contributed by atoms with van der Waals surface area (Å²) >= 11 is 0. The van der Waals surface area contributed by atoms with Gasteiger partial charge in [0.25, 0.3) is 0 Å². The zero-order valence-corrected chi connectivity index (χ0v) is 13.3. The number of aromatic nitrogens is 2. The number of aliphatic carboxylic acids is 1. The van der Waals surface area contributed by atoms with Crippen LogP contribution in [-0.4, -0.2) is 47.1 Å². The van der Waals surface area contributed by atoms with Crippen LogP contribution in [0.15, 0.2) is 4.90 Å². The Morgan fingerprint density at radius 1 is 1.48 bits per heavy atom. The van der Waals surface area contributed by atoms with E-state index in [1.165, 1.54) is 4.31 Å². The van der Waals surface area contributed by atoms with E-state index in [9.17, 15) is 18.3 Å². The van der Waals surface area contributed by atoms with Crippen molar-refractivity contribution in [3.63, 3.8) is 0 Å². The van der Waals surface area contributed by atoms with Gasteiger partial charge >= 0.3 is 5.97 Å². The summed E-state index contributed by atoms with van der Waals surface area (Å²) in [5.41, 5.74) is -0.0699. The third kappa shape index (κ3) is 2.57. The Balaban J connectivity index is 2.35. The molecule has 0 bridgehead atoms. The number of hydrogen-bond donors (Lipinski definition) is 2. The molecule has 1 aromatic heterocycles. The lowest BCUT2D eigenvalue weighted by atomic mass is 9.83. The molecule has 1 aliphatic rings. The van der Waals surface area contributed by atoms with Crippen molar-refractivity contribution < 1.29 is 18.3 Å². The molecule has 0 spiro atoms. The van der Waals surface area contributed by atoms with Gasteiger partial charge < -0.3 is 5.11 Å². The molecule has 0 aromatic carbocycles. The van der Waals surface area contributed by atoms with Crippen molar-refractivity contribution >= 4 is 16.0 Å². The highest BCUT2D eigenvalue weighted by molar-refractivity contribution is 7.89. The van der Waals surface area contributed by atoms with Crippen LogP contribution in [0.25, 0.3) is 0 Å². The molecule has 2 N–H and O–H groups in total. The highest BCUT2D eigenvalue weighted by Gasteiger charge is 2.48. The van der Waals surface area contributed by atoms with Crippen molar-refractivity contribution in [2.24, 2.45) is 5.41 Å². The average Bonchev–Trinajstić information content (AvgIpc) is 2.96. The Morgan fingerprint density at radius 3 is 2.62 bits per heavy atom. The zero-order chi connectivity index (χ0) is 15.8. The zero-order valence-electron chi connectivity index (χ0n) is 12.5. The van der Waals surface area contributed by atoms with E-state index in [-0.39, 0.29) is 18.0 Å². The number of carboxylic acids is 1. The molecule has 0 aliphatic carbocycles. The summed E-state index contributed by atoms with van der Waals surface area (Å²) in [6.45, 7) is 5.45. The molecule has 118 valence electrons. The highest BCUT2D eigenvalue weighted by atomic mass is 32.2. The van der Waals surface area contributed by atoms with Crippen LogP contribution in [0.4, 0.5) is 0 Å². The number of aryl methyl sites for hydroxylation is 2. The van der Waals surface area contributed by atoms with E-state index in [2.05, 4.69) is 10.2 Å². The van der Waals surface area contributed by atoms with E-state index in [1.54, 1.807) is 13.8 Å². The minimum atomic E-state index is -3.70. The lowest BCUT2D eigenvalue weighted by Crippen LogP contribution is -2.37. The molecule has 0 radical (unpaired) electrons. The molecule has 1 saturated heterocycles. The second-order valence-electron chi connectivity index (χ2n) is 5.69. The first-order valence-electron chi connectivity index (χ1n) is 7.00. The number of aromatic amines is 1. The lowest BCUT2D eigenvalue weighted by molar-refractivity contribution is -0.148. The molecule has 2 rings (SSSR count). The van der Waals surface area contributed by atoms with Gasteiger partial charge in [-0.2, -0.15) is 9.40 Å². The van der Waals surface area contributed by atoms with Crippen LogP contribution >= 0.6 is 0 Å². The first-order valence-corrected chi connectivity index (χ1v) is 8.44. The molecule has 1 unspecified atom stereocenters. The number of carbonyl (C=O) groups is 1. The lowest BCUT2D eigenvalue weighted by Gasteiger charge is -2.24. The van der Waals surface area contributed by atoms with Gasteiger partial charge in [0, 0.05) is 13.1 Å². The van der Waals surface area contributed by atoms with Gasteiger partial charge in [0.05, 0.1) is 16.8 Å². The number of hydrogen-bond acceptors (Lipinski definition) is 4. The second kappa shape index (κ2) is 5.42. The predicted octanol–water partition coefficient (Wildman–Crippen LogP) is 1.29. The largest absolute Gasteiger partial charge is 0.481 e. The van der Waals surface area contributed by atoms with E-state index in [4.69, 9.17) is 0 Å². The fourth-order valence-electron chi connectivity index (χ4n) is 3.05. The summed E-state index contributed by atoms with van der Waals surface area (Å²) in [5, 5.41) is 16.1. The van der Waals surface area contributed by atoms with Crippen LogP contribution in [0, 0.1) is 19.3 Å². The van der Waals surface area contributed by atoms with Crippen molar-refractivity contribution in [3.05, 3.63) is 11.4 Å². The molecule has 0 saturated carbocycles. The second-order valence-corrected chi connectivity index (χ2v) is 7.56. The summed E-state index contributed by atoms with van der Waals surface area (Å²) in [7, 11) is -3.70. The number of nitrogens with zero attached hydrogens (tertiary/aromatic N) is 2. The molecule has 1 fully saturated rings. The molecule has 21 heavy (non-hydrogen) atoms. The maximum Gasteiger partial charge on any atom is 0.311 e. The summed E-state index contributed by atoms with van der Waals surface area (Å²) in [6, 6.07) is 0. The monoisotopic (exact) mass is 315 g/mol. The first kappa shape index (κ1) is 16.0. The van der Waals surface area contributed by atoms with Gasteiger partial charge in [-0.1, -0.05) is 13.3 Å². The van der Waals surface area contributed by atoms with Crippen molar-refractivity contribution in [1.82, 2.24) is 14.5 Å². The Bertz CT molecular complexity index is 633. The van der Waals surface area contributed by atoms with E-state index in [0.717, 1.165) is 0 Å². The fraction of sp³-hybridized carbons (Fsp3) is 0.692. The fourth-order valence-corrected chi connectivity index (χ4v) is 4.91. The van der Waals surface area contributed by atoms with Crippen LogP contribution in [0.2, 0.25) is 0 Å². The number of carboxylic acid groups (broad SMARTS) is 1. The standard InChI is InChI=1S/C13H21N3O4S/c1-4-5-13(12(17)18)6-7-16(8-13)21(19,20)11-9(2)14-15-10(11)3/h4-8H2,1-3H3,(H,14,15)(H,17,18). The van der Waals surface area contributed by atoms with Crippen molar-refractivity contribution in [1.29, 1.82) is 0 Å². The van der Waals surface area contributed by atoms with Gasteiger partial charge in [-0.05, 0) is 26.7 Å². The smallest absolute Gasteiger partial charge is 0.311 e. The number of rotatable bonds is 5. The molecule has 1 atom stereocenters. The van der Waals surface area contributed by atoms with Gasteiger partial charge in [0.1, 0.15) is 4.90 Å². The molecule has 1 aliphatic heterocycles. The molecule has 0 amide bonds. The van der Waals surface area contributed by atoms with Crippen LogP contribution in [0.5, 0.6) is 0 Å². The van der Waals surface area contributed by atoms with E-state index < -0.39 is 21.4 Å². The number of sulfonamides is 1. The van der Waals surface area contributed by atoms with Crippen LogP contribution < -0.4 is 0 Å². The molecular formula is C13H21N3O4S. The Labute approximate surface area is 124 Å². The van der Waals surface area contributed by atoms with Gasteiger partial charge in [-0.25, -0.2) is 8.42 Å². The van der Waals surface area contributed by atoms with Gasteiger partial charge in [0.2, 0.25) is 10.0 Å². The average molecular weight is 315 g/mol. The normalized spacial score (nSPS) is 23.6. The molecular weight excluding hydrogens is 294 g/mol. The van der Waals surface area contributed by atoms with Crippen LogP contribution in [0.1, 0.15) is 37.6 Å². The van der Waals surface area contributed by atoms with Gasteiger partial charge in [-0.15, -0.1) is 0 Å². The Hall–Kier alpha value is -1.41. The van der Waals surface area contributed by atoms with E-state index in [0.29, 0.717) is 30.7 Å². The van der Waals surface area contributed by atoms with E-state index in [1.807, 2.05) is 6.92 Å². The molecule has 7 nitrogen and oxygen atoms in total. The van der Waals surface area contributed by atoms with Crippen molar-refractivity contribution in [2.75, 3.05) is 13.1 Å². The maximum atomic E-state index is 12.7. The summed E-state index contributed by atoms with van der Waals surface area (Å²) in [4.78, 5) is 11.7. The number of H-pyrrole nitrogens is 1. The van der Waals surface area contributed by atoms with Gasteiger partial charge in [0.15, 0.2) is 0 Å². The highest BCUT2D eigenvalue weighted by Crippen LogP contribution is 2.38. The summed E-state index contributed by atoms with van der Waals surface area (Å²) < 4.78 is 26.7. The first-order chi connectivity index (χ1) is 9.74. The van der Waals surface area contributed by atoms with Crippen LogP contribution in [-0.2, 0) is 14.8 Å². The Morgan fingerprint density at radius 2 is 2.14 bits per heavy atom. The number of nitrogens with one attached hydrogen (secondary N) is 1. The Kier molecular flexibility index (Phi) is 4.12. The predicted molar refractivity (Wildman–Crippen MR) is 76.4 cm³/mol. The maximum absolute atomic E-state index is 12.7. The SMILES string of the molecule is CCCC1(C(=O)O)CCN(S(=O)(=O)c2c(C)n[nH]c2C)C1. The van der Waals surface area contributed by atoms with Gasteiger partial charge in [-0.3, -0.25) is 9.89 Å². The van der Waals surface area contributed by atoms with Crippen molar-refractivity contribution in [2.45, 2.75) is 44.9 Å². The summed E-state index contributed by atoms with van der Waals surface area (Å²) in [6.07, 6.45) is 1.55. The van der Waals surface area contributed by atoms with Crippen LogP contribution in [0.3, 0.4) is 0 Å². The van der Waals surface area contributed by atoms with Crippen molar-refractivity contribution in [3.8, 4) is 0 Å². The topological polar surface area (TPSA) is 103 Å². The minimum Gasteiger partial charge on any atom is -0.481 e. The molecule has 8 heteroatoms. The third-order valence-electron chi connectivity index (χ3n) is 4.16. The molecule has 1 aromatic rings.